The minimum Gasteiger partial charge on any atom is -0.491 e. The third-order valence-electron chi connectivity index (χ3n) is 3.63. The van der Waals surface area contributed by atoms with Crippen LogP contribution in [0, 0.1) is 0 Å². The van der Waals surface area contributed by atoms with Crippen molar-refractivity contribution in [2.45, 2.75) is 38.8 Å². The lowest BCUT2D eigenvalue weighted by molar-refractivity contribution is 0.0163. The predicted octanol–water partition coefficient (Wildman–Crippen LogP) is 2.79. The number of aliphatic hydroxyl groups is 2. The highest BCUT2D eigenvalue weighted by Gasteiger charge is 2.22. The van der Waals surface area contributed by atoms with E-state index in [0.717, 1.165) is 5.56 Å². The summed E-state index contributed by atoms with van der Waals surface area (Å²) in [5.74, 6) is 0.501. The summed E-state index contributed by atoms with van der Waals surface area (Å²) >= 11 is 0. The van der Waals surface area contributed by atoms with Gasteiger partial charge in [-0.25, -0.2) is 4.79 Å². The first-order valence-electron chi connectivity index (χ1n) is 8.53. The van der Waals surface area contributed by atoms with Gasteiger partial charge in [0, 0.05) is 12.1 Å². The summed E-state index contributed by atoms with van der Waals surface area (Å²) in [6, 6.07) is 16.2. The highest BCUT2D eigenvalue weighted by Crippen LogP contribution is 2.27. The zero-order valence-electron chi connectivity index (χ0n) is 15.0. The van der Waals surface area contributed by atoms with E-state index in [1.807, 2.05) is 44.2 Å². The van der Waals surface area contributed by atoms with Gasteiger partial charge in [0.15, 0.2) is 0 Å². The molecule has 0 saturated heterocycles. The minimum atomic E-state index is -1.20. The van der Waals surface area contributed by atoms with Gasteiger partial charge in [0.2, 0.25) is 0 Å². The van der Waals surface area contributed by atoms with Crippen molar-refractivity contribution in [1.82, 2.24) is 5.32 Å². The molecule has 2 rings (SSSR count). The topological polar surface area (TPSA) is 88.0 Å². The van der Waals surface area contributed by atoms with Crippen LogP contribution in [-0.4, -0.2) is 35.1 Å². The van der Waals surface area contributed by atoms with Crippen LogP contribution in [0.15, 0.2) is 54.6 Å². The Bertz CT molecular complexity index is 690. The van der Waals surface area contributed by atoms with Crippen LogP contribution in [0.4, 0.5) is 4.79 Å². The van der Waals surface area contributed by atoms with Crippen molar-refractivity contribution >= 4 is 6.09 Å². The molecule has 0 aliphatic heterocycles. The maximum absolute atomic E-state index is 11.7. The highest BCUT2D eigenvalue weighted by atomic mass is 16.5. The van der Waals surface area contributed by atoms with Crippen molar-refractivity contribution in [3.05, 3.63) is 65.7 Å². The summed E-state index contributed by atoms with van der Waals surface area (Å²) in [7, 11) is 0. The third-order valence-corrected chi connectivity index (χ3v) is 3.63. The lowest BCUT2D eigenvalue weighted by atomic mass is 10.0. The maximum atomic E-state index is 11.7. The lowest BCUT2D eigenvalue weighted by Crippen LogP contribution is -2.36. The Morgan fingerprint density at radius 2 is 1.69 bits per heavy atom. The predicted molar refractivity (Wildman–Crippen MR) is 97.8 cm³/mol. The van der Waals surface area contributed by atoms with Gasteiger partial charge in [0.25, 0.3) is 0 Å². The first kappa shape index (κ1) is 19.8. The summed E-state index contributed by atoms with van der Waals surface area (Å²) in [5, 5.41) is 23.0. The second kappa shape index (κ2) is 9.79. The fourth-order valence-electron chi connectivity index (χ4n) is 2.37. The number of rotatable bonds is 8. The Morgan fingerprint density at radius 1 is 1.04 bits per heavy atom. The molecule has 0 aliphatic rings. The largest absolute Gasteiger partial charge is 0.491 e. The molecule has 0 aliphatic carbocycles. The minimum absolute atomic E-state index is 0.0633. The van der Waals surface area contributed by atoms with Crippen LogP contribution in [0.2, 0.25) is 0 Å². The molecule has 2 unspecified atom stereocenters. The van der Waals surface area contributed by atoms with E-state index in [1.165, 1.54) is 0 Å². The zero-order valence-corrected chi connectivity index (χ0v) is 15.0. The Labute approximate surface area is 153 Å². The maximum Gasteiger partial charge on any atom is 0.407 e. The van der Waals surface area contributed by atoms with Crippen molar-refractivity contribution in [1.29, 1.82) is 0 Å². The summed E-state index contributed by atoms with van der Waals surface area (Å²) in [5.41, 5.74) is 1.33. The molecule has 140 valence electrons. The van der Waals surface area contributed by atoms with Crippen molar-refractivity contribution in [3.63, 3.8) is 0 Å². The average Bonchev–Trinajstić information content (AvgIpc) is 2.64. The Morgan fingerprint density at radius 3 is 2.38 bits per heavy atom. The summed E-state index contributed by atoms with van der Waals surface area (Å²) in [6.07, 6.45) is -3.12. The van der Waals surface area contributed by atoms with E-state index >= 15 is 0 Å². The quantitative estimate of drug-likeness (QED) is 0.674. The number of hydrogen-bond acceptors (Lipinski definition) is 5. The molecule has 0 spiro atoms. The van der Waals surface area contributed by atoms with Gasteiger partial charge in [-0.2, -0.15) is 0 Å². The number of carbonyl (C=O) groups is 1. The van der Waals surface area contributed by atoms with E-state index in [-0.39, 0.29) is 19.3 Å². The van der Waals surface area contributed by atoms with Crippen LogP contribution in [0.25, 0.3) is 0 Å². The molecule has 0 aromatic heterocycles. The van der Waals surface area contributed by atoms with E-state index in [4.69, 9.17) is 9.47 Å². The molecular formula is C20H25NO5. The number of carbonyl (C=O) groups excluding carboxylic acids is 1. The van der Waals surface area contributed by atoms with E-state index in [1.54, 1.807) is 24.3 Å². The molecule has 0 heterocycles. The summed E-state index contributed by atoms with van der Waals surface area (Å²) in [4.78, 5) is 11.7. The van der Waals surface area contributed by atoms with Gasteiger partial charge in [-0.15, -0.1) is 0 Å². The number of alkyl carbamates (subject to hydrolysis) is 1. The number of aliphatic hydroxyl groups excluding tert-OH is 2. The van der Waals surface area contributed by atoms with Crippen LogP contribution in [0.3, 0.4) is 0 Å². The third kappa shape index (κ3) is 6.06. The van der Waals surface area contributed by atoms with Crippen LogP contribution >= 0.6 is 0 Å². The van der Waals surface area contributed by atoms with Gasteiger partial charge in [-0.05, 0) is 25.5 Å². The van der Waals surface area contributed by atoms with E-state index in [0.29, 0.717) is 11.3 Å². The fraction of sp³-hybridized carbons (Fsp3) is 0.350. The first-order chi connectivity index (χ1) is 12.5. The molecule has 2 atom stereocenters. The van der Waals surface area contributed by atoms with Crippen molar-refractivity contribution in [2.75, 3.05) is 6.54 Å². The second-order valence-corrected chi connectivity index (χ2v) is 6.16. The molecule has 1 amide bonds. The molecule has 6 nitrogen and oxygen atoms in total. The molecule has 0 saturated carbocycles. The number of hydrogen-bond donors (Lipinski definition) is 3. The fourth-order valence-corrected chi connectivity index (χ4v) is 2.37. The number of amides is 1. The van der Waals surface area contributed by atoms with Gasteiger partial charge in [0.1, 0.15) is 24.6 Å². The van der Waals surface area contributed by atoms with E-state index < -0.39 is 18.3 Å². The van der Waals surface area contributed by atoms with Crippen LogP contribution in [0.1, 0.15) is 31.1 Å². The van der Waals surface area contributed by atoms with Crippen LogP contribution in [0.5, 0.6) is 5.75 Å². The molecule has 0 bridgehead atoms. The number of nitrogens with one attached hydrogen (secondary N) is 1. The summed E-state index contributed by atoms with van der Waals surface area (Å²) in [6.45, 7) is 3.75. The van der Waals surface area contributed by atoms with Gasteiger partial charge < -0.3 is 25.0 Å². The molecule has 6 heteroatoms. The molecule has 2 aromatic carbocycles. The normalized spacial score (nSPS) is 13.1. The smallest absolute Gasteiger partial charge is 0.407 e. The van der Waals surface area contributed by atoms with Gasteiger partial charge in [-0.1, -0.05) is 48.5 Å². The van der Waals surface area contributed by atoms with Crippen molar-refractivity contribution in [2.24, 2.45) is 0 Å². The molecule has 0 radical (unpaired) electrons. The molecule has 3 N–H and O–H groups in total. The van der Waals surface area contributed by atoms with Crippen molar-refractivity contribution < 1.29 is 24.5 Å². The molecule has 26 heavy (non-hydrogen) atoms. The standard InChI is InChI=1S/C20H25NO5/c1-14(2)26-18-11-7-6-10-16(18)19(23)17(22)12-21-20(24)25-13-15-8-4-3-5-9-15/h3-11,14,17,19,22-23H,12-13H2,1-2H3,(H,21,24). The highest BCUT2D eigenvalue weighted by molar-refractivity contribution is 5.67. The van der Waals surface area contributed by atoms with Gasteiger partial charge in [-0.3, -0.25) is 0 Å². The monoisotopic (exact) mass is 359 g/mol. The van der Waals surface area contributed by atoms with Crippen molar-refractivity contribution in [3.8, 4) is 5.75 Å². The average molecular weight is 359 g/mol. The molecular weight excluding hydrogens is 334 g/mol. The number of para-hydroxylation sites is 1. The van der Waals surface area contributed by atoms with E-state index in [2.05, 4.69) is 5.32 Å². The number of ether oxygens (including phenoxy) is 2. The lowest BCUT2D eigenvalue weighted by Gasteiger charge is -2.22. The second-order valence-electron chi connectivity index (χ2n) is 6.16. The zero-order chi connectivity index (χ0) is 18.9. The first-order valence-corrected chi connectivity index (χ1v) is 8.53. The Hall–Kier alpha value is -2.57. The van der Waals surface area contributed by atoms with Gasteiger partial charge in [0.05, 0.1) is 6.10 Å². The molecule has 0 fully saturated rings. The SMILES string of the molecule is CC(C)Oc1ccccc1C(O)C(O)CNC(=O)OCc1ccccc1. The van der Waals surface area contributed by atoms with Crippen LogP contribution < -0.4 is 10.1 Å². The Balaban J connectivity index is 1.85. The Kier molecular flexibility index (Phi) is 7.44. The van der Waals surface area contributed by atoms with E-state index in [9.17, 15) is 15.0 Å². The summed E-state index contributed by atoms with van der Waals surface area (Å²) < 4.78 is 10.7. The van der Waals surface area contributed by atoms with Gasteiger partial charge >= 0.3 is 6.09 Å². The molecule has 2 aromatic rings. The number of benzene rings is 2. The van der Waals surface area contributed by atoms with Crippen LogP contribution in [-0.2, 0) is 11.3 Å².